The lowest BCUT2D eigenvalue weighted by Crippen LogP contribution is -1.97. The Kier molecular flexibility index (Phi) is 3.33. The Bertz CT molecular complexity index is 524. The van der Waals surface area contributed by atoms with E-state index in [-0.39, 0.29) is 0 Å². The minimum absolute atomic E-state index is 0.513. The topological polar surface area (TPSA) is 31.4 Å². The van der Waals surface area contributed by atoms with Crippen LogP contribution < -0.4 is 4.74 Å². The van der Waals surface area contributed by atoms with Crippen LogP contribution in [0.25, 0.3) is 10.1 Å². The molecule has 2 rings (SSSR count). The molecule has 0 N–H and O–H groups in total. The second-order valence-electron chi connectivity index (χ2n) is 3.41. The fourth-order valence-electron chi connectivity index (χ4n) is 1.70. The molecule has 0 aromatic carbocycles. The summed E-state index contributed by atoms with van der Waals surface area (Å²) < 4.78 is 11.5. The van der Waals surface area contributed by atoms with Crippen LogP contribution in [0.5, 0.6) is 5.75 Å². The van der Waals surface area contributed by atoms with Crippen LogP contribution in [0.4, 0.5) is 0 Å². The van der Waals surface area contributed by atoms with Crippen molar-refractivity contribution < 1.29 is 9.47 Å². The molecular formula is C11H12ClNO2S. The van der Waals surface area contributed by atoms with Crippen molar-refractivity contribution in [3.05, 3.63) is 21.8 Å². The third-order valence-corrected chi connectivity index (χ3v) is 3.81. The first-order valence-corrected chi connectivity index (χ1v) is 6.04. The largest absolute Gasteiger partial charge is 0.495 e. The molecule has 0 saturated carbocycles. The Hall–Kier alpha value is -0.840. The third kappa shape index (κ3) is 1.77. The summed E-state index contributed by atoms with van der Waals surface area (Å²) in [5.41, 5.74) is 1.93. The Morgan fingerprint density at radius 1 is 1.44 bits per heavy atom. The van der Waals surface area contributed by atoms with E-state index in [9.17, 15) is 0 Å². The van der Waals surface area contributed by atoms with Crippen molar-refractivity contribution in [3.8, 4) is 5.75 Å². The van der Waals surface area contributed by atoms with E-state index in [1.807, 2.05) is 12.3 Å². The van der Waals surface area contributed by atoms with Crippen LogP contribution in [-0.4, -0.2) is 19.2 Å². The van der Waals surface area contributed by atoms with Crippen molar-refractivity contribution in [2.24, 2.45) is 0 Å². The van der Waals surface area contributed by atoms with Gasteiger partial charge in [-0.3, -0.25) is 0 Å². The second-order valence-corrected chi connectivity index (χ2v) is 4.65. The number of nitrogens with zero attached hydrogens (tertiary/aromatic N) is 1. The van der Waals surface area contributed by atoms with E-state index in [1.165, 1.54) is 11.3 Å². The van der Waals surface area contributed by atoms with Crippen molar-refractivity contribution in [2.45, 2.75) is 13.5 Å². The van der Waals surface area contributed by atoms with Crippen LogP contribution in [0.1, 0.15) is 11.3 Å². The van der Waals surface area contributed by atoms with Crippen molar-refractivity contribution in [3.63, 3.8) is 0 Å². The highest BCUT2D eigenvalue weighted by atomic mass is 35.5. The molecule has 0 amide bonds. The standard InChI is InChI=1S/C11H12ClNO2S/c1-6-7(4-14-2)9-8(15-3)5-16-10(9)11(12)13-6/h5H,4H2,1-3H3. The van der Waals surface area contributed by atoms with Gasteiger partial charge in [-0.1, -0.05) is 11.6 Å². The monoisotopic (exact) mass is 257 g/mol. The summed E-state index contributed by atoms with van der Waals surface area (Å²) in [6.07, 6.45) is 0. The maximum atomic E-state index is 6.11. The molecule has 86 valence electrons. The minimum Gasteiger partial charge on any atom is -0.495 e. The number of pyridine rings is 1. The molecule has 2 aromatic rings. The fourth-order valence-corrected chi connectivity index (χ4v) is 2.98. The lowest BCUT2D eigenvalue weighted by molar-refractivity contribution is 0.185. The predicted octanol–water partition coefficient (Wildman–Crippen LogP) is 3.41. The smallest absolute Gasteiger partial charge is 0.147 e. The van der Waals surface area contributed by atoms with Gasteiger partial charge >= 0.3 is 0 Å². The average molecular weight is 258 g/mol. The minimum atomic E-state index is 0.513. The summed E-state index contributed by atoms with van der Waals surface area (Å²) in [4.78, 5) is 4.31. The normalized spacial score (nSPS) is 11.0. The van der Waals surface area contributed by atoms with Gasteiger partial charge in [0.25, 0.3) is 0 Å². The molecule has 0 aliphatic rings. The quantitative estimate of drug-likeness (QED) is 0.790. The summed E-state index contributed by atoms with van der Waals surface area (Å²) in [6.45, 7) is 2.44. The van der Waals surface area contributed by atoms with Gasteiger partial charge in [-0.05, 0) is 6.92 Å². The summed E-state index contributed by atoms with van der Waals surface area (Å²) >= 11 is 7.65. The zero-order chi connectivity index (χ0) is 11.7. The number of ether oxygens (including phenoxy) is 2. The van der Waals surface area contributed by atoms with E-state index in [2.05, 4.69) is 4.98 Å². The molecule has 2 aromatic heterocycles. The zero-order valence-corrected chi connectivity index (χ0v) is 10.9. The predicted molar refractivity (Wildman–Crippen MR) is 66.6 cm³/mol. The molecule has 0 aliphatic carbocycles. The number of hydrogen-bond donors (Lipinski definition) is 0. The summed E-state index contributed by atoms with van der Waals surface area (Å²) in [6, 6.07) is 0. The highest BCUT2D eigenvalue weighted by Crippen LogP contribution is 2.39. The van der Waals surface area contributed by atoms with Crippen LogP contribution in [0.15, 0.2) is 5.38 Å². The molecule has 0 aliphatic heterocycles. The van der Waals surface area contributed by atoms with Gasteiger partial charge < -0.3 is 9.47 Å². The SMILES string of the molecule is COCc1c(C)nc(Cl)c2scc(OC)c12. The fraction of sp³-hybridized carbons (Fsp3) is 0.364. The number of methoxy groups -OCH3 is 2. The van der Waals surface area contributed by atoms with Gasteiger partial charge in [-0.2, -0.15) is 0 Å². The molecule has 0 spiro atoms. The number of aryl methyl sites for hydroxylation is 1. The Morgan fingerprint density at radius 3 is 2.81 bits per heavy atom. The first kappa shape index (κ1) is 11.6. The average Bonchev–Trinajstić information content (AvgIpc) is 2.68. The lowest BCUT2D eigenvalue weighted by atomic mass is 10.1. The van der Waals surface area contributed by atoms with E-state index in [0.29, 0.717) is 11.8 Å². The lowest BCUT2D eigenvalue weighted by Gasteiger charge is -2.08. The first-order chi connectivity index (χ1) is 7.69. The van der Waals surface area contributed by atoms with Crippen LogP contribution in [0, 0.1) is 6.92 Å². The van der Waals surface area contributed by atoms with Gasteiger partial charge in [0.2, 0.25) is 0 Å². The summed E-state index contributed by atoms with van der Waals surface area (Å²) in [5.74, 6) is 0.833. The van der Waals surface area contributed by atoms with Crippen molar-refractivity contribution in [2.75, 3.05) is 14.2 Å². The maximum Gasteiger partial charge on any atom is 0.147 e. The third-order valence-electron chi connectivity index (χ3n) is 2.46. The van der Waals surface area contributed by atoms with E-state index >= 15 is 0 Å². The number of hydrogen-bond acceptors (Lipinski definition) is 4. The molecule has 5 heteroatoms. The van der Waals surface area contributed by atoms with Crippen LogP contribution >= 0.6 is 22.9 Å². The molecule has 3 nitrogen and oxygen atoms in total. The highest BCUT2D eigenvalue weighted by Gasteiger charge is 2.16. The highest BCUT2D eigenvalue weighted by molar-refractivity contribution is 7.18. The van der Waals surface area contributed by atoms with Crippen molar-refractivity contribution in [1.82, 2.24) is 4.98 Å². The van der Waals surface area contributed by atoms with Crippen LogP contribution in [0.2, 0.25) is 5.15 Å². The summed E-state index contributed by atoms with van der Waals surface area (Å²) in [5, 5.41) is 3.49. The van der Waals surface area contributed by atoms with Gasteiger partial charge in [-0.15, -0.1) is 11.3 Å². The van der Waals surface area contributed by atoms with Gasteiger partial charge in [0.05, 0.1) is 18.4 Å². The van der Waals surface area contributed by atoms with E-state index in [1.54, 1.807) is 14.2 Å². The molecule has 0 atom stereocenters. The van der Waals surface area contributed by atoms with Crippen LogP contribution in [-0.2, 0) is 11.3 Å². The van der Waals surface area contributed by atoms with Gasteiger partial charge in [0.15, 0.2) is 0 Å². The van der Waals surface area contributed by atoms with Gasteiger partial charge in [-0.25, -0.2) is 4.98 Å². The number of aromatic nitrogens is 1. The molecular weight excluding hydrogens is 246 g/mol. The van der Waals surface area contributed by atoms with Crippen molar-refractivity contribution in [1.29, 1.82) is 0 Å². The zero-order valence-electron chi connectivity index (χ0n) is 9.33. The Balaban J connectivity index is 2.78. The number of halogens is 1. The number of fused-ring (bicyclic) bond motifs is 1. The molecule has 16 heavy (non-hydrogen) atoms. The van der Waals surface area contributed by atoms with Crippen LogP contribution in [0.3, 0.4) is 0 Å². The Morgan fingerprint density at radius 2 is 2.19 bits per heavy atom. The molecule has 2 heterocycles. The van der Waals surface area contributed by atoms with Gasteiger partial charge in [0.1, 0.15) is 10.9 Å². The van der Waals surface area contributed by atoms with Gasteiger partial charge in [0, 0.05) is 29.1 Å². The molecule has 0 saturated heterocycles. The second kappa shape index (κ2) is 4.57. The van der Waals surface area contributed by atoms with E-state index in [0.717, 1.165) is 27.1 Å². The first-order valence-electron chi connectivity index (χ1n) is 4.78. The Labute approximate surface area is 103 Å². The summed E-state index contributed by atoms with van der Waals surface area (Å²) in [7, 11) is 3.32. The molecule has 0 unspecified atom stereocenters. The van der Waals surface area contributed by atoms with E-state index < -0.39 is 0 Å². The maximum absolute atomic E-state index is 6.11. The molecule has 0 radical (unpaired) electrons. The molecule has 0 fully saturated rings. The molecule has 0 bridgehead atoms. The number of rotatable bonds is 3. The van der Waals surface area contributed by atoms with E-state index in [4.69, 9.17) is 21.1 Å². The van der Waals surface area contributed by atoms with Crippen molar-refractivity contribution >= 4 is 33.0 Å². The number of thiophene rings is 1.